The molecule has 0 fully saturated rings. The molecule has 0 aliphatic heterocycles. The number of aromatic nitrogens is 3. The lowest BCUT2D eigenvalue weighted by Gasteiger charge is -2.10. The molecular weight excluding hydrogens is 437 g/mol. The number of hydrogen-bond donors (Lipinski definition) is 2. The molecule has 0 aliphatic carbocycles. The van der Waals surface area contributed by atoms with Gasteiger partial charge in [0.15, 0.2) is 0 Å². The zero-order chi connectivity index (χ0) is 22.0. The summed E-state index contributed by atoms with van der Waals surface area (Å²) in [7, 11) is 1.61. The first-order valence-corrected chi connectivity index (χ1v) is 11.6. The highest BCUT2D eigenvalue weighted by Gasteiger charge is 2.25. The molecule has 0 aliphatic rings. The van der Waals surface area contributed by atoms with Crippen molar-refractivity contribution in [2.45, 2.75) is 10.6 Å². The zero-order valence-corrected chi connectivity index (χ0v) is 18.3. The first-order valence-electron chi connectivity index (χ1n) is 9.42. The smallest absolute Gasteiger partial charge is 0.232 e. The maximum atomic E-state index is 13.5. The van der Waals surface area contributed by atoms with Crippen molar-refractivity contribution in [1.82, 2.24) is 15.0 Å². The van der Waals surface area contributed by atoms with Crippen molar-refractivity contribution >= 4 is 44.4 Å². The third-order valence-electron chi connectivity index (χ3n) is 4.67. The molecule has 0 spiro atoms. The second-order valence-electron chi connectivity index (χ2n) is 6.77. The molecule has 31 heavy (non-hydrogen) atoms. The van der Waals surface area contributed by atoms with Gasteiger partial charge in [0, 0.05) is 36.9 Å². The molecule has 4 aromatic rings. The second kappa shape index (κ2) is 9.15. The molecule has 4 rings (SSSR count). The molecule has 0 bridgehead atoms. The maximum absolute atomic E-state index is 13.5. The fourth-order valence-electron chi connectivity index (χ4n) is 3.17. The fourth-order valence-corrected chi connectivity index (χ4v) is 5.80. The number of nitrogens with zero attached hydrogens (tertiary/aromatic N) is 3. The van der Waals surface area contributed by atoms with Crippen LogP contribution in [-0.4, -0.2) is 39.0 Å². The van der Waals surface area contributed by atoms with Gasteiger partial charge in [-0.2, -0.15) is 0 Å². The highest BCUT2D eigenvalue weighted by atomic mass is 32.2. The molecule has 7 nitrogen and oxygen atoms in total. The van der Waals surface area contributed by atoms with Gasteiger partial charge in [-0.3, -0.25) is 0 Å². The van der Waals surface area contributed by atoms with Crippen LogP contribution in [0.4, 0.5) is 16.0 Å². The number of fused-ring (bicyclic) bond motifs is 1. The first kappa shape index (κ1) is 21.4. The van der Waals surface area contributed by atoms with E-state index >= 15 is 0 Å². The summed E-state index contributed by atoms with van der Waals surface area (Å²) in [5, 5.41) is 0.701. The van der Waals surface area contributed by atoms with Crippen LogP contribution in [0.3, 0.4) is 0 Å². The lowest BCUT2D eigenvalue weighted by atomic mass is 10.0. The van der Waals surface area contributed by atoms with E-state index in [1.807, 2.05) is 6.07 Å². The van der Waals surface area contributed by atoms with Crippen LogP contribution in [0.2, 0.25) is 0 Å². The summed E-state index contributed by atoms with van der Waals surface area (Å²) < 4.78 is 32.0. The zero-order valence-electron chi connectivity index (χ0n) is 16.7. The fraction of sp³-hybridized carbons (Fsp3) is 0.190. The van der Waals surface area contributed by atoms with Crippen LogP contribution in [0, 0.1) is 5.82 Å². The second-order valence-corrected chi connectivity index (χ2v) is 9.54. The summed E-state index contributed by atoms with van der Waals surface area (Å²) in [4.78, 5) is 13.4. The van der Waals surface area contributed by atoms with Crippen LogP contribution < -0.4 is 11.5 Å². The van der Waals surface area contributed by atoms with Crippen LogP contribution >= 0.6 is 11.3 Å². The number of anilines is 2. The van der Waals surface area contributed by atoms with Crippen molar-refractivity contribution < 1.29 is 13.7 Å². The van der Waals surface area contributed by atoms with E-state index in [-0.39, 0.29) is 11.8 Å². The minimum absolute atomic E-state index is 0.165. The van der Waals surface area contributed by atoms with Crippen LogP contribution in [-0.2, 0) is 15.9 Å². The van der Waals surface area contributed by atoms with Crippen molar-refractivity contribution in [3.05, 3.63) is 48.5 Å². The minimum Gasteiger partial charge on any atom is -0.611 e. The van der Waals surface area contributed by atoms with Gasteiger partial charge in [-0.05, 0) is 40.5 Å². The van der Waals surface area contributed by atoms with E-state index < -0.39 is 11.2 Å². The number of thiophene rings is 1. The Morgan fingerprint density at radius 3 is 2.52 bits per heavy atom. The number of hydrogen-bond acceptors (Lipinski definition) is 8. The Bertz CT molecular complexity index is 1200. The molecular formula is C21H20FN5O2S2. The predicted molar refractivity (Wildman–Crippen MR) is 123 cm³/mol. The van der Waals surface area contributed by atoms with Gasteiger partial charge in [0.25, 0.3) is 0 Å². The lowest BCUT2D eigenvalue weighted by molar-refractivity contribution is 0.199. The largest absolute Gasteiger partial charge is 0.611 e. The van der Waals surface area contributed by atoms with Crippen molar-refractivity contribution in [2.24, 2.45) is 0 Å². The molecule has 1 atom stereocenters. The van der Waals surface area contributed by atoms with Gasteiger partial charge < -0.3 is 20.8 Å². The Kier molecular flexibility index (Phi) is 6.33. The van der Waals surface area contributed by atoms with Gasteiger partial charge in [0.05, 0.1) is 12.3 Å². The monoisotopic (exact) mass is 457 g/mol. The summed E-state index contributed by atoms with van der Waals surface area (Å²) in [6.07, 6.45) is 3.83. The van der Waals surface area contributed by atoms with Crippen molar-refractivity contribution in [3.8, 4) is 22.4 Å². The van der Waals surface area contributed by atoms with Crippen molar-refractivity contribution in [3.63, 3.8) is 0 Å². The molecule has 0 saturated carbocycles. The molecule has 0 amide bonds. The third kappa shape index (κ3) is 4.47. The number of nitrogen functional groups attached to an aromatic ring is 2. The molecule has 4 N–H and O–H groups in total. The van der Waals surface area contributed by atoms with E-state index in [0.717, 1.165) is 11.1 Å². The summed E-state index contributed by atoms with van der Waals surface area (Å²) in [5.74, 6) is 0.271. The van der Waals surface area contributed by atoms with Crippen LogP contribution in [0.5, 0.6) is 0 Å². The Morgan fingerprint density at radius 2 is 1.84 bits per heavy atom. The van der Waals surface area contributed by atoms with E-state index in [4.69, 9.17) is 21.2 Å². The number of rotatable bonds is 7. The molecule has 3 heterocycles. The molecule has 0 radical (unpaired) electrons. The predicted octanol–water partition coefficient (Wildman–Crippen LogP) is 3.87. The Balaban J connectivity index is 1.88. The van der Waals surface area contributed by atoms with Crippen molar-refractivity contribution in [2.75, 3.05) is 30.9 Å². The van der Waals surface area contributed by atoms with E-state index in [1.165, 1.54) is 23.5 Å². The number of pyridine rings is 1. The molecule has 1 aromatic carbocycles. The van der Waals surface area contributed by atoms with Gasteiger partial charge in [0.1, 0.15) is 22.1 Å². The van der Waals surface area contributed by atoms with E-state index in [2.05, 4.69) is 9.97 Å². The van der Waals surface area contributed by atoms with Gasteiger partial charge >= 0.3 is 0 Å². The standard InChI is InChI=1S/C21H20FN5O2S2/c1-29-7-2-8-31(28)20-18(23)17-15(12-3-5-14(22)6-4-12)9-16(27-19(17)30-20)13-10-25-21(24)26-11-13/h3-6,9-11H,2,7-8,23H2,1H3,(H2,24,25,26). The summed E-state index contributed by atoms with van der Waals surface area (Å²) in [6, 6.07) is 7.99. The summed E-state index contributed by atoms with van der Waals surface area (Å²) >= 11 is 0.0180. The number of halogens is 1. The molecule has 1 unspecified atom stereocenters. The molecule has 10 heteroatoms. The highest BCUT2D eigenvalue weighted by Crippen LogP contribution is 2.43. The van der Waals surface area contributed by atoms with Crippen LogP contribution in [0.25, 0.3) is 32.6 Å². The van der Waals surface area contributed by atoms with Crippen molar-refractivity contribution in [1.29, 1.82) is 0 Å². The topological polar surface area (TPSA) is 123 Å². The van der Waals surface area contributed by atoms with Crippen LogP contribution in [0.15, 0.2) is 46.9 Å². The SMILES string of the molecule is COCCC[S+]([O-])c1sc2nc(-c3cnc(N)nc3)cc(-c3ccc(F)cc3)c2c1N. The number of nitrogens with two attached hydrogens (primary N) is 2. The highest BCUT2D eigenvalue weighted by molar-refractivity contribution is 7.93. The average molecular weight is 458 g/mol. The summed E-state index contributed by atoms with van der Waals surface area (Å²) in [6.45, 7) is 0.525. The van der Waals surface area contributed by atoms with E-state index in [0.29, 0.717) is 50.2 Å². The first-order chi connectivity index (χ1) is 15.0. The molecule has 3 aromatic heterocycles. The quantitative estimate of drug-likeness (QED) is 0.319. The maximum Gasteiger partial charge on any atom is 0.232 e. The summed E-state index contributed by atoms with van der Waals surface area (Å²) in [5.41, 5.74) is 15.3. The Labute approximate surface area is 185 Å². The molecule has 0 saturated heterocycles. The minimum atomic E-state index is -1.28. The third-order valence-corrected chi connectivity index (χ3v) is 7.67. The Hall–Kier alpha value is -2.79. The Morgan fingerprint density at radius 1 is 1.13 bits per heavy atom. The average Bonchev–Trinajstić information content (AvgIpc) is 3.11. The van der Waals surface area contributed by atoms with Gasteiger partial charge in [-0.1, -0.05) is 23.5 Å². The normalized spacial score (nSPS) is 12.4. The van der Waals surface area contributed by atoms with Crippen LogP contribution in [0.1, 0.15) is 6.42 Å². The number of ether oxygens (including phenoxy) is 1. The number of methoxy groups -OCH3 is 1. The molecule has 160 valence electrons. The van der Waals surface area contributed by atoms with E-state index in [9.17, 15) is 8.94 Å². The number of benzene rings is 1. The lowest BCUT2D eigenvalue weighted by Crippen LogP contribution is -2.09. The van der Waals surface area contributed by atoms with E-state index in [1.54, 1.807) is 31.6 Å². The van der Waals surface area contributed by atoms with Gasteiger partial charge in [-0.25, -0.2) is 19.3 Å². The van der Waals surface area contributed by atoms with Gasteiger partial charge in [0.2, 0.25) is 10.2 Å². The van der Waals surface area contributed by atoms with Gasteiger partial charge in [-0.15, -0.1) is 0 Å².